The first-order valence-electron chi connectivity index (χ1n) is 11.8. The number of anilines is 1. The van der Waals surface area contributed by atoms with Gasteiger partial charge in [-0.15, -0.1) is 11.3 Å². The van der Waals surface area contributed by atoms with E-state index < -0.39 is 5.54 Å². The van der Waals surface area contributed by atoms with Gasteiger partial charge < -0.3 is 5.32 Å². The molecule has 0 saturated carbocycles. The molecule has 0 fully saturated rings. The van der Waals surface area contributed by atoms with Gasteiger partial charge in [-0.1, -0.05) is 55.0 Å². The van der Waals surface area contributed by atoms with Crippen molar-refractivity contribution in [3.8, 4) is 10.6 Å². The second kappa shape index (κ2) is 9.15. The number of fused-ring (bicyclic) bond motifs is 1. The standard InChI is InChI=1S/C28H28N4O2S/c1-4-20-10-12-22(13-11-20)32-26(33)24-16-23(25-9-6-14-35-25)30-31(24)18-28(32,3)27(34)29-17-21-8-5-7-19(2)15-21/h5-16H,4,17-18H2,1-3H3,(H,29,34)/t28-/m0/s1. The Morgan fingerprint density at radius 1 is 1.09 bits per heavy atom. The molecule has 1 N–H and O–H groups in total. The average molecular weight is 485 g/mol. The molecule has 6 nitrogen and oxygen atoms in total. The summed E-state index contributed by atoms with van der Waals surface area (Å²) in [6, 6.07) is 21.7. The zero-order valence-corrected chi connectivity index (χ0v) is 20.9. The Hall–Kier alpha value is -3.71. The van der Waals surface area contributed by atoms with Gasteiger partial charge in [-0.05, 0) is 61.0 Å². The summed E-state index contributed by atoms with van der Waals surface area (Å²) >= 11 is 1.57. The highest BCUT2D eigenvalue weighted by molar-refractivity contribution is 7.13. The number of hydrogen-bond donors (Lipinski definition) is 1. The molecule has 2 amide bonds. The third-order valence-corrected chi connectivity index (χ3v) is 7.45. The molecule has 5 rings (SSSR count). The van der Waals surface area contributed by atoms with E-state index in [9.17, 15) is 9.59 Å². The van der Waals surface area contributed by atoms with E-state index in [1.165, 1.54) is 5.56 Å². The first kappa shape index (κ1) is 23.1. The molecule has 178 valence electrons. The number of amides is 2. The minimum absolute atomic E-state index is 0.217. The van der Waals surface area contributed by atoms with Gasteiger partial charge in [-0.25, -0.2) is 0 Å². The Morgan fingerprint density at radius 2 is 1.89 bits per heavy atom. The van der Waals surface area contributed by atoms with Gasteiger partial charge in [0, 0.05) is 12.2 Å². The summed E-state index contributed by atoms with van der Waals surface area (Å²) in [6.45, 7) is 6.58. The van der Waals surface area contributed by atoms with Crippen molar-refractivity contribution < 1.29 is 9.59 Å². The molecule has 2 aromatic carbocycles. The minimum atomic E-state index is -1.15. The maximum Gasteiger partial charge on any atom is 0.277 e. The van der Waals surface area contributed by atoms with Crippen molar-refractivity contribution in [2.24, 2.45) is 0 Å². The molecule has 0 unspecified atom stereocenters. The van der Waals surface area contributed by atoms with Crippen LogP contribution in [0.5, 0.6) is 0 Å². The van der Waals surface area contributed by atoms with Gasteiger partial charge in [0.25, 0.3) is 5.91 Å². The van der Waals surface area contributed by atoms with Crippen LogP contribution in [0.25, 0.3) is 10.6 Å². The van der Waals surface area contributed by atoms with Crippen LogP contribution in [0.1, 0.15) is 41.0 Å². The van der Waals surface area contributed by atoms with E-state index in [2.05, 4.69) is 18.3 Å². The normalized spacial score (nSPS) is 17.3. The molecule has 1 aliphatic heterocycles. The second-order valence-corrected chi connectivity index (χ2v) is 10.1. The molecule has 3 heterocycles. The number of carbonyl (C=O) groups is 2. The molecule has 0 aliphatic carbocycles. The monoisotopic (exact) mass is 484 g/mol. The molecule has 0 saturated heterocycles. The van der Waals surface area contributed by atoms with Crippen LogP contribution in [0.4, 0.5) is 5.69 Å². The molecule has 0 bridgehead atoms. The highest BCUT2D eigenvalue weighted by atomic mass is 32.1. The summed E-state index contributed by atoms with van der Waals surface area (Å²) in [5, 5.41) is 9.77. The topological polar surface area (TPSA) is 67.2 Å². The van der Waals surface area contributed by atoms with Crippen molar-refractivity contribution in [2.75, 3.05) is 4.90 Å². The SMILES string of the molecule is CCc1ccc(N2C(=O)c3cc(-c4cccs4)nn3C[C@@]2(C)C(=O)NCc2cccc(C)c2)cc1. The minimum Gasteiger partial charge on any atom is -0.350 e. The van der Waals surface area contributed by atoms with Gasteiger partial charge >= 0.3 is 0 Å². The van der Waals surface area contributed by atoms with Gasteiger partial charge in [0.2, 0.25) is 5.91 Å². The van der Waals surface area contributed by atoms with E-state index in [4.69, 9.17) is 5.10 Å². The maximum absolute atomic E-state index is 13.9. The zero-order valence-electron chi connectivity index (χ0n) is 20.1. The quantitative estimate of drug-likeness (QED) is 0.408. The zero-order chi connectivity index (χ0) is 24.6. The maximum atomic E-state index is 13.9. The lowest BCUT2D eigenvalue weighted by Crippen LogP contribution is -2.64. The summed E-state index contributed by atoms with van der Waals surface area (Å²) in [7, 11) is 0. The second-order valence-electron chi connectivity index (χ2n) is 9.16. The number of benzene rings is 2. The molecule has 1 aliphatic rings. The number of nitrogens with one attached hydrogen (secondary N) is 1. The van der Waals surface area contributed by atoms with Crippen LogP contribution in [0.3, 0.4) is 0 Å². The van der Waals surface area contributed by atoms with Crippen molar-refractivity contribution in [3.05, 3.63) is 94.5 Å². The van der Waals surface area contributed by atoms with Gasteiger partial charge in [0.15, 0.2) is 0 Å². The number of hydrogen-bond acceptors (Lipinski definition) is 4. The lowest BCUT2D eigenvalue weighted by molar-refractivity contribution is -0.126. The fourth-order valence-corrected chi connectivity index (χ4v) is 5.29. The number of thiophene rings is 1. The third kappa shape index (κ3) is 4.28. The average Bonchev–Trinajstić information content (AvgIpc) is 3.53. The van der Waals surface area contributed by atoms with Crippen LogP contribution in [0.15, 0.2) is 72.1 Å². The van der Waals surface area contributed by atoms with E-state index in [0.717, 1.165) is 28.1 Å². The smallest absolute Gasteiger partial charge is 0.277 e. The van der Waals surface area contributed by atoms with Crippen LogP contribution in [-0.2, 0) is 24.3 Å². The molecule has 4 aromatic rings. The molecule has 2 aromatic heterocycles. The van der Waals surface area contributed by atoms with E-state index in [1.54, 1.807) is 20.9 Å². The molecular formula is C28H28N4O2S. The van der Waals surface area contributed by atoms with E-state index >= 15 is 0 Å². The predicted octanol–water partition coefficient (Wildman–Crippen LogP) is 5.22. The van der Waals surface area contributed by atoms with Gasteiger partial charge in [0.05, 0.1) is 11.4 Å². The van der Waals surface area contributed by atoms with Crippen LogP contribution in [0.2, 0.25) is 0 Å². The van der Waals surface area contributed by atoms with Crippen LogP contribution in [0, 0.1) is 6.92 Å². The fraction of sp³-hybridized carbons (Fsp3) is 0.250. The molecule has 0 radical (unpaired) electrons. The lowest BCUT2D eigenvalue weighted by Gasteiger charge is -2.43. The Labute approximate surface area is 209 Å². The summed E-state index contributed by atoms with van der Waals surface area (Å²) < 4.78 is 1.68. The van der Waals surface area contributed by atoms with Gasteiger partial charge in [-0.3, -0.25) is 19.2 Å². The summed E-state index contributed by atoms with van der Waals surface area (Å²) in [5.41, 5.74) is 4.10. The van der Waals surface area contributed by atoms with Gasteiger partial charge in [-0.2, -0.15) is 5.10 Å². The molecule has 35 heavy (non-hydrogen) atoms. The molecule has 0 spiro atoms. The largest absolute Gasteiger partial charge is 0.350 e. The van der Waals surface area contributed by atoms with Crippen molar-refractivity contribution in [2.45, 2.75) is 45.8 Å². The van der Waals surface area contributed by atoms with Crippen LogP contribution < -0.4 is 10.2 Å². The summed E-state index contributed by atoms with van der Waals surface area (Å²) in [5.74, 6) is -0.449. The molecular weight excluding hydrogens is 456 g/mol. The number of carbonyl (C=O) groups excluding carboxylic acids is 2. The van der Waals surface area contributed by atoms with E-state index in [0.29, 0.717) is 17.9 Å². The highest BCUT2D eigenvalue weighted by Crippen LogP contribution is 2.35. The van der Waals surface area contributed by atoms with Crippen molar-refractivity contribution >= 4 is 28.8 Å². The van der Waals surface area contributed by atoms with Crippen LogP contribution in [-0.4, -0.2) is 27.1 Å². The van der Waals surface area contributed by atoms with E-state index in [1.807, 2.05) is 79.9 Å². The van der Waals surface area contributed by atoms with Crippen LogP contribution >= 0.6 is 11.3 Å². The Morgan fingerprint density at radius 3 is 2.57 bits per heavy atom. The number of nitrogens with zero attached hydrogens (tertiary/aromatic N) is 3. The first-order chi connectivity index (χ1) is 16.9. The van der Waals surface area contributed by atoms with Crippen molar-refractivity contribution in [1.82, 2.24) is 15.1 Å². The number of rotatable bonds is 6. The van der Waals surface area contributed by atoms with E-state index in [-0.39, 0.29) is 18.4 Å². The Bertz CT molecular complexity index is 1370. The molecule has 7 heteroatoms. The van der Waals surface area contributed by atoms with Crippen molar-refractivity contribution in [1.29, 1.82) is 0 Å². The highest BCUT2D eigenvalue weighted by Gasteiger charge is 2.48. The first-order valence-corrected chi connectivity index (χ1v) is 12.7. The predicted molar refractivity (Wildman–Crippen MR) is 140 cm³/mol. The lowest BCUT2D eigenvalue weighted by atomic mass is 9.93. The Balaban J connectivity index is 1.53. The van der Waals surface area contributed by atoms with Gasteiger partial charge in [0.1, 0.15) is 16.9 Å². The summed E-state index contributed by atoms with van der Waals surface area (Å²) in [6.07, 6.45) is 0.902. The third-order valence-electron chi connectivity index (χ3n) is 6.55. The Kier molecular flexibility index (Phi) is 6.03. The summed E-state index contributed by atoms with van der Waals surface area (Å²) in [4.78, 5) is 30.2. The molecule has 1 atom stereocenters. The number of aryl methyl sites for hydroxylation is 2. The number of aromatic nitrogens is 2. The van der Waals surface area contributed by atoms with Crippen molar-refractivity contribution in [3.63, 3.8) is 0 Å². The fourth-order valence-electron chi connectivity index (χ4n) is 4.61.